The van der Waals surface area contributed by atoms with Crippen molar-refractivity contribution in [3.05, 3.63) is 59.2 Å². The van der Waals surface area contributed by atoms with Crippen molar-refractivity contribution in [1.29, 1.82) is 0 Å². The second-order valence-electron chi connectivity index (χ2n) is 9.52. The second-order valence-corrected chi connectivity index (χ2v) is 9.52. The zero-order chi connectivity index (χ0) is 29.3. The summed E-state index contributed by atoms with van der Waals surface area (Å²) < 4.78 is 58.6. The number of ether oxygens (including phenoxy) is 1. The van der Waals surface area contributed by atoms with Crippen LogP contribution in [0.25, 0.3) is 0 Å². The lowest BCUT2D eigenvalue weighted by Gasteiger charge is -2.22. The van der Waals surface area contributed by atoms with Crippen molar-refractivity contribution >= 4 is 29.3 Å². The molecule has 0 saturated heterocycles. The molecule has 0 aliphatic rings. The van der Waals surface area contributed by atoms with Gasteiger partial charge in [0.05, 0.1) is 12.5 Å². The van der Waals surface area contributed by atoms with Gasteiger partial charge in [0, 0.05) is 18.3 Å². The molecule has 0 radical (unpaired) electrons. The molecule has 1 unspecified atom stereocenters. The monoisotopic (exact) mass is 555 g/mol. The summed E-state index contributed by atoms with van der Waals surface area (Å²) in [6.45, 7) is 4.78. The molecule has 0 heterocycles. The number of rotatable bonds is 12. The molecule has 212 valence electrons. The number of para-hydroxylation sites is 1. The third-order valence-electron chi connectivity index (χ3n) is 5.42. The minimum absolute atomic E-state index is 0.00421. The molecule has 0 spiro atoms. The van der Waals surface area contributed by atoms with E-state index in [1.54, 1.807) is 12.1 Å². The van der Waals surface area contributed by atoms with Gasteiger partial charge in [0.25, 0.3) is 0 Å². The summed E-state index contributed by atoms with van der Waals surface area (Å²) in [5.41, 5.74) is 1.04. The zero-order valence-corrected chi connectivity index (χ0v) is 21.5. The maximum absolute atomic E-state index is 13.7. The van der Waals surface area contributed by atoms with Crippen molar-refractivity contribution in [2.24, 2.45) is 0 Å². The smallest absolute Gasteiger partial charge is 0.313 e. The molecule has 2 aromatic carbocycles. The Morgan fingerprint density at radius 3 is 2.15 bits per heavy atom. The summed E-state index contributed by atoms with van der Waals surface area (Å²) in [5, 5.41) is 16.6. The Hall–Kier alpha value is -4.00. The predicted molar refractivity (Wildman–Crippen MR) is 132 cm³/mol. The third-order valence-corrected chi connectivity index (χ3v) is 5.42. The average molecular weight is 556 g/mol. The third kappa shape index (κ3) is 9.06. The summed E-state index contributed by atoms with van der Waals surface area (Å²) in [7, 11) is 0. The highest BCUT2D eigenvalue weighted by Crippen LogP contribution is 2.29. The summed E-state index contributed by atoms with van der Waals surface area (Å²) in [4.78, 5) is 48.0. The number of ketones is 1. The molecule has 2 amide bonds. The van der Waals surface area contributed by atoms with Crippen LogP contribution < -0.4 is 20.7 Å². The standard InChI is InChI=1S/C26H29F4N3O6/c1-26(2,3)14-7-4-5-8-17(14)33-25(38)24(37)32-10-6-9-31-18(12-20(35)36)19(34)13-39-23-21(29)15(27)11-16(28)22(23)30/h4-5,7-8,11,18,31H,6,9-10,12-13H2,1-3H3,(H,32,37)(H,33,38)(H,35,36). The number of anilines is 1. The number of benzene rings is 2. The van der Waals surface area contributed by atoms with Crippen molar-refractivity contribution < 1.29 is 46.6 Å². The number of carbonyl (C=O) groups is 4. The highest BCUT2D eigenvalue weighted by molar-refractivity contribution is 6.39. The van der Waals surface area contributed by atoms with Gasteiger partial charge in [0.1, 0.15) is 6.61 Å². The van der Waals surface area contributed by atoms with Crippen LogP contribution in [0.15, 0.2) is 30.3 Å². The van der Waals surface area contributed by atoms with E-state index in [9.17, 15) is 36.7 Å². The molecule has 1 atom stereocenters. The van der Waals surface area contributed by atoms with Crippen LogP contribution in [0.5, 0.6) is 5.75 Å². The predicted octanol–water partition coefficient (Wildman–Crippen LogP) is 3.07. The SMILES string of the molecule is CC(C)(C)c1ccccc1NC(=O)C(=O)NCCCNC(CC(=O)O)C(=O)COc1c(F)c(F)cc(F)c1F. The first-order valence-corrected chi connectivity index (χ1v) is 11.8. The van der Waals surface area contributed by atoms with Crippen LogP contribution in [0.3, 0.4) is 0 Å². The number of hydrogen-bond acceptors (Lipinski definition) is 6. The van der Waals surface area contributed by atoms with Gasteiger partial charge in [-0.15, -0.1) is 0 Å². The molecule has 0 aliphatic heterocycles. The van der Waals surface area contributed by atoms with E-state index in [4.69, 9.17) is 5.11 Å². The van der Waals surface area contributed by atoms with Gasteiger partial charge in [-0.2, -0.15) is 8.78 Å². The van der Waals surface area contributed by atoms with Crippen molar-refractivity contribution in [3.63, 3.8) is 0 Å². The lowest BCUT2D eigenvalue weighted by molar-refractivity contribution is -0.139. The van der Waals surface area contributed by atoms with E-state index in [1.807, 2.05) is 32.9 Å². The molecule has 2 rings (SSSR count). The van der Waals surface area contributed by atoms with Crippen LogP contribution in [-0.4, -0.2) is 54.4 Å². The van der Waals surface area contributed by atoms with Crippen LogP contribution in [0, 0.1) is 23.3 Å². The fraction of sp³-hybridized carbons (Fsp3) is 0.385. The summed E-state index contributed by atoms with van der Waals surface area (Å²) in [5.74, 6) is -12.7. The number of carboxylic acids is 1. The number of halogens is 4. The molecule has 0 bridgehead atoms. The Morgan fingerprint density at radius 1 is 0.949 bits per heavy atom. The second kappa shape index (κ2) is 13.7. The molecular formula is C26H29F4N3O6. The molecule has 0 aromatic heterocycles. The Morgan fingerprint density at radius 2 is 1.56 bits per heavy atom. The first-order valence-electron chi connectivity index (χ1n) is 11.8. The number of amides is 2. The first kappa shape index (κ1) is 31.2. The quantitative estimate of drug-likeness (QED) is 0.137. The fourth-order valence-electron chi connectivity index (χ4n) is 3.47. The summed E-state index contributed by atoms with van der Waals surface area (Å²) >= 11 is 0. The molecule has 4 N–H and O–H groups in total. The van der Waals surface area contributed by atoms with Crippen LogP contribution in [0.4, 0.5) is 23.2 Å². The Labute approximate surface area is 221 Å². The minimum atomic E-state index is -1.84. The number of carbonyl (C=O) groups excluding carboxylic acids is 3. The number of nitrogens with one attached hydrogen (secondary N) is 3. The van der Waals surface area contributed by atoms with E-state index < -0.39 is 71.7 Å². The number of carboxylic acid groups (broad SMARTS) is 1. The van der Waals surface area contributed by atoms with Crippen LogP contribution in [0.1, 0.15) is 39.2 Å². The first-order chi connectivity index (χ1) is 18.2. The van der Waals surface area contributed by atoms with Crippen LogP contribution in [0.2, 0.25) is 0 Å². The van der Waals surface area contributed by atoms with E-state index in [2.05, 4.69) is 20.7 Å². The minimum Gasteiger partial charge on any atom is -0.481 e. The van der Waals surface area contributed by atoms with Crippen molar-refractivity contribution in [2.45, 2.75) is 45.1 Å². The van der Waals surface area contributed by atoms with Crippen molar-refractivity contribution in [1.82, 2.24) is 10.6 Å². The number of hydrogen-bond donors (Lipinski definition) is 4. The summed E-state index contributed by atoms with van der Waals surface area (Å²) in [6.07, 6.45) is -0.563. The molecule has 13 heteroatoms. The van der Waals surface area contributed by atoms with Crippen molar-refractivity contribution in [3.8, 4) is 5.75 Å². The van der Waals surface area contributed by atoms with E-state index in [0.717, 1.165) is 5.56 Å². The van der Waals surface area contributed by atoms with Gasteiger partial charge in [-0.25, -0.2) is 8.78 Å². The molecule has 2 aromatic rings. The average Bonchev–Trinajstić information content (AvgIpc) is 2.85. The van der Waals surface area contributed by atoms with E-state index in [-0.39, 0.29) is 31.0 Å². The summed E-state index contributed by atoms with van der Waals surface area (Å²) in [6, 6.07) is 5.64. The maximum Gasteiger partial charge on any atom is 0.313 e. The molecular weight excluding hydrogens is 526 g/mol. The van der Waals surface area contributed by atoms with Gasteiger partial charge in [-0.1, -0.05) is 39.0 Å². The van der Waals surface area contributed by atoms with Gasteiger partial charge >= 0.3 is 17.8 Å². The molecule has 39 heavy (non-hydrogen) atoms. The zero-order valence-electron chi connectivity index (χ0n) is 21.5. The van der Waals surface area contributed by atoms with Crippen LogP contribution in [-0.2, 0) is 24.6 Å². The Balaban J connectivity index is 1.86. The van der Waals surface area contributed by atoms with E-state index in [0.29, 0.717) is 5.69 Å². The highest BCUT2D eigenvalue weighted by Gasteiger charge is 2.26. The molecule has 0 saturated carbocycles. The molecule has 0 aliphatic carbocycles. The largest absolute Gasteiger partial charge is 0.481 e. The van der Waals surface area contributed by atoms with Crippen molar-refractivity contribution in [2.75, 3.05) is 25.0 Å². The van der Waals surface area contributed by atoms with Crippen LogP contribution >= 0.6 is 0 Å². The van der Waals surface area contributed by atoms with Gasteiger partial charge in [0.15, 0.2) is 23.2 Å². The number of Topliss-reactive ketones (excluding diaryl/α,β-unsaturated/α-hetero) is 1. The normalized spacial score (nSPS) is 12.0. The van der Waals surface area contributed by atoms with E-state index in [1.165, 1.54) is 0 Å². The van der Waals surface area contributed by atoms with Gasteiger partial charge in [0.2, 0.25) is 11.6 Å². The van der Waals surface area contributed by atoms with Gasteiger partial charge in [-0.3, -0.25) is 19.2 Å². The Kier molecular flexibility index (Phi) is 11.0. The van der Waals surface area contributed by atoms with Gasteiger partial charge < -0.3 is 25.8 Å². The lowest BCUT2D eigenvalue weighted by atomic mass is 9.86. The van der Waals surface area contributed by atoms with Gasteiger partial charge in [-0.05, 0) is 30.0 Å². The molecule has 0 fully saturated rings. The Bertz CT molecular complexity index is 1210. The highest BCUT2D eigenvalue weighted by atomic mass is 19.2. The lowest BCUT2D eigenvalue weighted by Crippen LogP contribution is -2.43. The maximum atomic E-state index is 13.7. The fourth-order valence-corrected chi connectivity index (χ4v) is 3.47. The molecule has 9 nitrogen and oxygen atoms in total. The number of aliphatic carboxylic acids is 1. The van der Waals surface area contributed by atoms with E-state index >= 15 is 0 Å². The topological polar surface area (TPSA) is 134 Å².